The van der Waals surface area contributed by atoms with Gasteiger partial charge in [-0.25, -0.2) is 0 Å². The first-order chi connectivity index (χ1) is 10.4. The van der Waals surface area contributed by atoms with Gasteiger partial charge in [-0.1, -0.05) is 41.5 Å². The van der Waals surface area contributed by atoms with Crippen LogP contribution in [-0.2, 0) is 15.6 Å². The van der Waals surface area contributed by atoms with Crippen LogP contribution >= 0.6 is 0 Å². The molecule has 126 valence electrons. The molecule has 1 saturated heterocycles. The van der Waals surface area contributed by atoms with Crippen LogP contribution in [0, 0.1) is 0 Å². The molecule has 3 nitrogen and oxygen atoms in total. The lowest BCUT2D eigenvalue weighted by Crippen LogP contribution is -2.21. The second-order valence-electron chi connectivity index (χ2n) is 8.71. The maximum atomic E-state index is 12.0. The number of benzene rings is 1. The van der Waals surface area contributed by atoms with E-state index in [2.05, 4.69) is 46.9 Å². The van der Waals surface area contributed by atoms with Crippen molar-refractivity contribution in [1.29, 1.82) is 0 Å². The number of carbonyl (C=O) groups excluding carboxylic acids is 1. The second kappa shape index (κ2) is 5.70. The van der Waals surface area contributed by atoms with Crippen molar-refractivity contribution in [3.05, 3.63) is 34.4 Å². The van der Waals surface area contributed by atoms with Gasteiger partial charge in [0, 0.05) is 22.7 Å². The Morgan fingerprint density at radius 1 is 1.09 bits per heavy atom. The predicted molar refractivity (Wildman–Crippen MR) is 95.7 cm³/mol. The molecule has 3 heteroatoms. The molecule has 0 aliphatic carbocycles. The van der Waals surface area contributed by atoms with Crippen molar-refractivity contribution >= 4 is 12.0 Å². The molecule has 1 fully saturated rings. The highest BCUT2D eigenvalue weighted by molar-refractivity contribution is 6.00. The van der Waals surface area contributed by atoms with Gasteiger partial charge in [-0.05, 0) is 47.9 Å². The molecular formula is C20H29NO2. The van der Waals surface area contributed by atoms with Gasteiger partial charge in [0.25, 0.3) is 0 Å². The van der Waals surface area contributed by atoms with Crippen molar-refractivity contribution < 1.29 is 9.90 Å². The van der Waals surface area contributed by atoms with Gasteiger partial charge in [0.1, 0.15) is 5.75 Å². The Hall–Kier alpha value is -1.77. The Kier molecular flexibility index (Phi) is 4.36. The molecule has 0 aromatic heterocycles. The fourth-order valence-corrected chi connectivity index (χ4v) is 3.00. The molecule has 0 saturated carbocycles. The first-order valence-electron chi connectivity index (χ1n) is 8.29. The van der Waals surface area contributed by atoms with Gasteiger partial charge in [-0.2, -0.15) is 0 Å². The molecule has 1 amide bonds. The van der Waals surface area contributed by atoms with E-state index in [1.165, 1.54) is 0 Å². The molecule has 1 aromatic carbocycles. The van der Waals surface area contributed by atoms with Crippen molar-refractivity contribution in [2.75, 3.05) is 0 Å². The lowest BCUT2D eigenvalue weighted by atomic mass is 9.78. The lowest BCUT2D eigenvalue weighted by Gasteiger charge is -2.28. The Balaban J connectivity index is 2.61. The summed E-state index contributed by atoms with van der Waals surface area (Å²) < 4.78 is 0. The maximum absolute atomic E-state index is 12.0. The molecule has 1 atom stereocenters. The number of phenols is 1. The molecule has 23 heavy (non-hydrogen) atoms. The topological polar surface area (TPSA) is 49.3 Å². The van der Waals surface area contributed by atoms with Gasteiger partial charge >= 0.3 is 0 Å². The first kappa shape index (κ1) is 17.6. The minimum absolute atomic E-state index is 0.0141. The first-order valence-corrected chi connectivity index (χ1v) is 8.29. The Bertz CT molecular complexity index is 622. The Morgan fingerprint density at radius 3 is 1.91 bits per heavy atom. The zero-order chi connectivity index (χ0) is 17.6. The van der Waals surface area contributed by atoms with E-state index in [9.17, 15) is 9.90 Å². The van der Waals surface area contributed by atoms with E-state index in [-0.39, 0.29) is 22.8 Å². The van der Waals surface area contributed by atoms with Gasteiger partial charge in [0.15, 0.2) is 0 Å². The normalized spacial score (nSPS) is 20.9. The van der Waals surface area contributed by atoms with Gasteiger partial charge < -0.3 is 10.4 Å². The largest absolute Gasteiger partial charge is 0.507 e. The smallest absolute Gasteiger partial charge is 0.247 e. The van der Waals surface area contributed by atoms with Crippen LogP contribution in [0.15, 0.2) is 17.7 Å². The number of hydrogen-bond donors (Lipinski definition) is 2. The van der Waals surface area contributed by atoms with Crippen molar-refractivity contribution in [2.45, 2.75) is 71.8 Å². The summed E-state index contributed by atoms with van der Waals surface area (Å²) >= 11 is 0. The summed E-state index contributed by atoms with van der Waals surface area (Å²) in [5.74, 6) is 0.386. The number of phenolic OH excluding ortho intramolecular Hbond substituents is 1. The summed E-state index contributed by atoms with van der Waals surface area (Å²) in [5.41, 5.74) is 3.31. The molecule has 1 aliphatic rings. The van der Waals surface area contributed by atoms with Crippen LogP contribution in [0.4, 0.5) is 0 Å². The number of rotatable bonds is 1. The highest BCUT2D eigenvalue weighted by Gasteiger charge is 2.27. The minimum Gasteiger partial charge on any atom is -0.507 e. The number of aromatic hydroxyl groups is 1. The number of nitrogens with one attached hydrogen (secondary N) is 1. The van der Waals surface area contributed by atoms with Gasteiger partial charge in [-0.15, -0.1) is 0 Å². The average molecular weight is 315 g/mol. The summed E-state index contributed by atoms with van der Waals surface area (Å²) in [5, 5.41) is 13.7. The molecule has 2 N–H and O–H groups in total. The van der Waals surface area contributed by atoms with E-state index in [1.54, 1.807) is 0 Å². The van der Waals surface area contributed by atoms with E-state index >= 15 is 0 Å². The molecule has 0 bridgehead atoms. The van der Waals surface area contributed by atoms with Crippen LogP contribution in [0.5, 0.6) is 5.75 Å². The number of amides is 1. The molecule has 0 spiro atoms. The van der Waals surface area contributed by atoms with E-state index < -0.39 is 0 Å². The van der Waals surface area contributed by atoms with Crippen LogP contribution in [0.1, 0.15) is 71.6 Å². The molecule has 1 aromatic rings. The maximum Gasteiger partial charge on any atom is 0.247 e. The second-order valence-corrected chi connectivity index (χ2v) is 8.71. The van der Waals surface area contributed by atoms with Crippen molar-refractivity contribution in [3.63, 3.8) is 0 Å². The minimum atomic E-state index is -0.163. The monoisotopic (exact) mass is 315 g/mol. The van der Waals surface area contributed by atoms with Gasteiger partial charge in [0.2, 0.25) is 5.91 Å². The standard InChI is InChI=1S/C20H29NO2/c1-12-8-14(18(23)21-12)9-13-10-15(19(2,3)4)17(22)16(11-13)20(5,6)7/h9-12,22H,8H2,1-7H3,(H,21,23). The third-order valence-electron chi connectivity index (χ3n) is 4.28. The van der Waals surface area contributed by atoms with Gasteiger partial charge in [0.05, 0.1) is 0 Å². The summed E-state index contributed by atoms with van der Waals surface area (Å²) in [6.45, 7) is 14.6. The van der Waals surface area contributed by atoms with E-state index in [1.807, 2.05) is 25.1 Å². The van der Waals surface area contributed by atoms with Crippen LogP contribution in [0.25, 0.3) is 6.08 Å². The van der Waals surface area contributed by atoms with Crippen molar-refractivity contribution in [3.8, 4) is 5.75 Å². The predicted octanol–water partition coefficient (Wildman–Crippen LogP) is 4.28. The SMILES string of the molecule is CC1CC(=Cc2cc(C(C)(C)C)c(O)c(C(C)(C)C)c2)C(=O)N1. The molecule has 2 rings (SSSR count). The van der Waals surface area contributed by atoms with E-state index in [0.717, 1.165) is 28.7 Å². The molecular weight excluding hydrogens is 286 g/mol. The van der Waals surface area contributed by atoms with Crippen LogP contribution in [0.3, 0.4) is 0 Å². The van der Waals surface area contributed by atoms with Crippen molar-refractivity contribution in [2.24, 2.45) is 0 Å². The van der Waals surface area contributed by atoms with E-state index in [4.69, 9.17) is 0 Å². The third-order valence-corrected chi connectivity index (χ3v) is 4.28. The zero-order valence-electron chi connectivity index (χ0n) is 15.4. The van der Waals surface area contributed by atoms with Crippen LogP contribution < -0.4 is 5.32 Å². The Morgan fingerprint density at radius 2 is 1.57 bits per heavy atom. The number of carbonyl (C=O) groups is 1. The Labute approximate surface area is 139 Å². The third kappa shape index (κ3) is 3.77. The fraction of sp³-hybridized carbons (Fsp3) is 0.550. The quantitative estimate of drug-likeness (QED) is 0.760. The summed E-state index contributed by atoms with van der Waals surface area (Å²) in [6.07, 6.45) is 2.71. The van der Waals surface area contributed by atoms with Gasteiger partial charge in [-0.3, -0.25) is 4.79 Å². The van der Waals surface area contributed by atoms with Crippen molar-refractivity contribution in [1.82, 2.24) is 5.32 Å². The summed E-state index contributed by atoms with van der Waals surface area (Å²) in [7, 11) is 0. The van der Waals surface area contributed by atoms with Crippen LogP contribution in [0.2, 0.25) is 0 Å². The number of hydrogen-bond acceptors (Lipinski definition) is 2. The molecule has 1 aliphatic heterocycles. The van der Waals surface area contributed by atoms with E-state index in [0.29, 0.717) is 5.75 Å². The molecule has 0 radical (unpaired) electrons. The summed E-state index contributed by atoms with van der Waals surface area (Å²) in [6, 6.07) is 4.21. The average Bonchev–Trinajstić information content (AvgIpc) is 2.67. The fourth-order valence-electron chi connectivity index (χ4n) is 3.00. The summed E-state index contributed by atoms with van der Waals surface area (Å²) in [4.78, 5) is 12.0. The highest BCUT2D eigenvalue weighted by atomic mass is 16.3. The molecule has 1 heterocycles. The lowest BCUT2D eigenvalue weighted by molar-refractivity contribution is -0.116. The zero-order valence-corrected chi connectivity index (χ0v) is 15.4. The van der Waals surface area contributed by atoms with Crippen LogP contribution in [-0.4, -0.2) is 17.1 Å². The highest BCUT2D eigenvalue weighted by Crippen LogP contribution is 2.40. The molecule has 1 unspecified atom stereocenters.